The van der Waals surface area contributed by atoms with Crippen LogP contribution in [-0.2, 0) is 11.3 Å². The second-order valence-corrected chi connectivity index (χ2v) is 5.14. The minimum Gasteiger partial charge on any atom is -0.473 e. The summed E-state index contributed by atoms with van der Waals surface area (Å²) in [7, 11) is 0. The van der Waals surface area contributed by atoms with Crippen LogP contribution in [0.15, 0.2) is 36.4 Å². The number of aryl methyl sites for hydroxylation is 1. The molecule has 1 amide bonds. The van der Waals surface area contributed by atoms with E-state index in [1.807, 2.05) is 0 Å². The molecule has 0 aliphatic rings. The lowest BCUT2D eigenvalue weighted by Crippen LogP contribution is -2.36. The van der Waals surface area contributed by atoms with Gasteiger partial charge in [0.1, 0.15) is 11.5 Å². The number of carbonyl (C=O) groups is 1. The Bertz CT molecular complexity index is 749. The van der Waals surface area contributed by atoms with Crippen molar-refractivity contribution in [3.63, 3.8) is 0 Å². The van der Waals surface area contributed by atoms with Crippen molar-refractivity contribution in [1.29, 1.82) is 0 Å². The Morgan fingerprint density at radius 3 is 2.62 bits per heavy atom. The minimum atomic E-state index is -0.950. The number of nitrogens with zero attached hydrogens (tertiary/aromatic N) is 2. The predicted octanol–water partition coefficient (Wildman–Crippen LogP) is 2.52. The summed E-state index contributed by atoms with van der Waals surface area (Å²) in [6.45, 7) is 3.29. The summed E-state index contributed by atoms with van der Waals surface area (Å²) in [6, 6.07) is 8.66. The van der Waals surface area contributed by atoms with Crippen LogP contribution in [0.2, 0.25) is 0 Å². The highest BCUT2D eigenvalue weighted by Gasteiger charge is 2.22. The number of hydrogen-bond acceptors (Lipinski definition) is 5. The molecule has 0 saturated carbocycles. The van der Waals surface area contributed by atoms with Crippen LogP contribution < -0.4 is 10.1 Å². The lowest BCUT2D eigenvalue weighted by Gasteiger charge is -2.14. The highest BCUT2D eigenvalue weighted by atomic mass is 19.1. The number of halogens is 1. The number of nitrogens with one attached hydrogen (secondary N) is 1. The third kappa shape index (κ3) is 4.48. The van der Waals surface area contributed by atoms with Crippen LogP contribution >= 0.6 is 0 Å². The Hall–Kier alpha value is -3.03. The van der Waals surface area contributed by atoms with Crippen molar-refractivity contribution in [1.82, 2.24) is 10.3 Å². The van der Waals surface area contributed by atoms with Crippen molar-refractivity contribution in [2.24, 2.45) is 0 Å². The molecule has 0 spiro atoms. The van der Waals surface area contributed by atoms with Crippen molar-refractivity contribution >= 4 is 11.7 Å². The second-order valence-electron chi connectivity index (χ2n) is 5.14. The molecule has 1 aromatic heterocycles. The van der Waals surface area contributed by atoms with E-state index in [1.54, 1.807) is 25.1 Å². The molecule has 7 nitrogen and oxygen atoms in total. The van der Waals surface area contributed by atoms with E-state index in [1.165, 1.54) is 25.1 Å². The summed E-state index contributed by atoms with van der Waals surface area (Å²) in [6.07, 6.45) is -0.950. The van der Waals surface area contributed by atoms with E-state index in [0.29, 0.717) is 5.69 Å². The van der Waals surface area contributed by atoms with Gasteiger partial charge in [0.2, 0.25) is 5.75 Å². The maximum atomic E-state index is 12.8. The van der Waals surface area contributed by atoms with Gasteiger partial charge in [-0.2, -0.15) is 0 Å². The van der Waals surface area contributed by atoms with Crippen LogP contribution in [-0.4, -0.2) is 21.9 Å². The first-order valence-corrected chi connectivity index (χ1v) is 7.17. The summed E-state index contributed by atoms with van der Waals surface area (Å²) in [4.78, 5) is 26.2. The minimum absolute atomic E-state index is 0.0740. The van der Waals surface area contributed by atoms with Crippen LogP contribution in [0.4, 0.5) is 10.2 Å². The summed E-state index contributed by atoms with van der Waals surface area (Å²) in [5.74, 6) is -1.32. The average molecular weight is 333 g/mol. The number of benzene rings is 1. The summed E-state index contributed by atoms with van der Waals surface area (Å²) < 4.78 is 18.2. The molecule has 24 heavy (non-hydrogen) atoms. The largest absolute Gasteiger partial charge is 0.473 e. The van der Waals surface area contributed by atoms with Crippen molar-refractivity contribution in [2.45, 2.75) is 26.5 Å². The first-order valence-electron chi connectivity index (χ1n) is 7.17. The van der Waals surface area contributed by atoms with Crippen LogP contribution in [0.5, 0.6) is 5.75 Å². The fraction of sp³-hybridized carbons (Fsp3) is 0.250. The van der Waals surface area contributed by atoms with E-state index in [-0.39, 0.29) is 18.1 Å². The van der Waals surface area contributed by atoms with Gasteiger partial charge in [-0.25, -0.2) is 4.39 Å². The number of hydrogen-bond donors (Lipinski definition) is 1. The second kappa shape index (κ2) is 7.49. The predicted molar refractivity (Wildman–Crippen MR) is 84.0 cm³/mol. The molecule has 0 radical (unpaired) electrons. The fourth-order valence-electron chi connectivity index (χ4n) is 1.93. The maximum absolute atomic E-state index is 12.8. The molecular weight excluding hydrogens is 317 g/mol. The number of carbonyl (C=O) groups excluding carboxylic acids is 1. The van der Waals surface area contributed by atoms with Gasteiger partial charge in [0, 0.05) is 13.5 Å². The lowest BCUT2D eigenvalue weighted by atomic mass is 10.2. The quantitative estimate of drug-likeness (QED) is 0.647. The van der Waals surface area contributed by atoms with Crippen LogP contribution in [0, 0.1) is 22.9 Å². The molecule has 0 aliphatic carbocycles. The van der Waals surface area contributed by atoms with Crippen LogP contribution in [0.25, 0.3) is 0 Å². The van der Waals surface area contributed by atoms with Gasteiger partial charge in [0.25, 0.3) is 5.91 Å². The van der Waals surface area contributed by atoms with Crippen LogP contribution in [0.3, 0.4) is 0 Å². The Morgan fingerprint density at radius 1 is 1.33 bits per heavy atom. The monoisotopic (exact) mass is 333 g/mol. The topological polar surface area (TPSA) is 94.4 Å². The van der Waals surface area contributed by atoms with Crippen molar-refractivity contribution < 1.29 is 18.8 Å². The van der Waals surface area contributed by atoms with E-state index in [9.17, 15) is 19.3 Å². The molecule has 0 aliphatic heterocycles. The molecule has 126 valence electrons. The van der Waals surface area contributed by atoms with Gasteiger partial charge < -0.3 is 20.2 Å². The first kappa shape index (κ1) is 17.3. The zero-order chi connectivity index (χ0) is 17.7. The molecule has 1 atom stereocenters. The molecule has 0 unspecified atom stereocenters. The molecular formula is C16H16FN3O4. The van der Waals surface area contributed by atoms with Crippen molar-refractivity contribution in [2.75, 3.05) is 0 Å². The molecule has 0 fully saturated rings. The van der Waals surface area contributed by atoms with Gasteiger partial charge in [0.05, 0.1) is 0 Å². The number of pyridine rings is 1. The lowest BCUT2D eigenvalue weighted by molar-refractivity contribution is -0.390. The van der Waals surface area contributed by atoms with E-state index >= 15 is 0 Å². The van der Waals surface area contributed by atoms with E-state index in [4.69, 9.17) is 4.74 Å². The van der Waals surface area contributed by atoms with Gasteiger partial charge >= 0.3 is 5.82 Å². The smallest absolute Gasteiger partial charge is 0.406 e. The van der Waals surface area contributed by atoms with E-state index < -0.39 is 22.8 Å². The summed E-state index contributed by atoms with van der Waals surface area (Å²) >= 11 is 0. The molecule has 0 saturated heterocycles. The Balaban J connectivity index is 1.99. The van der Waals surface area contributed by atoms with E-state index in [0.717, 1.165) is 5.56 Å². The molecule has 1 heterocycles. The highest BCUT2D eigenvalue weighted by molar-refractivity contribution is 5.80. The molecule has 2 rings (SSSR count). The molecule has 0 bridgehead atoms. The third-order valence-electron chi connectivity index (χ3n) is 3.20. The normalized spacial score (nSPS) is 11.6. The zero-order valence-electron chi connectivity index (χ0n) is 13.2. The van der Waals surface area contributed by atoms with Gasteiger partial charge in [0.15, 0.2) is 6.10 Å². The number of aromatic nitrogens is 1. The Labute approximate surface area is 137 Å². The van der Waals surface area contributed by atoms with Crippen molar-refractivity contribution in [3.8, 4) is 5.75 Å². The van der Waals surface area contributed by atoms with Crippen LogP contribution in [0.1, 0.15) is 18.2 Å². The Morgan fingerprint density at radius 2 is 2.00 bits per heavy atom. The summed E-state index contributed by atoms with van der Waals surface area (Å²) in [5.41, 5.74) is 1.20. The van der Waals surface area contributed by atoms with Gasteiger partial charge in [-0.1, -0.05) is 12.1 Å². The summed E-state index contributed by atoms with van der Waals surface area (Å²) in [5, 5.41) is 13.6. The fourth-order valence-corrected chi connectivity index (χ4v) is 1.93. The zero-order valence-corrected chi connectivity index (χ0v) is 13.2. The number of nitro groups is 1. The maximum Gasteiger partial charge on any atom is 0.406 e. The standard InChI is InChI=1S/C16H16FN3O4/c1-10-3-8-14(15(19-10)20(22)23)24-11(2)16(21)18-9-12-4-6-13(17)7-5-12/h3-8,11H,9H2,1-2H3,(H,18,21)/t11-/m0/s1. The van der Waals surface area contributed by atoms with Gasteiger partial charge in [-0.15, -0.1) is 0 Å². The molecule has 2 aromatic rings. The van der Waals surface area contributed by atoms with E-state index in [2.05, 4.69) is 10.3 Å². The van der Waals surface area contributed by atoms with Gasteiger partial charge in [-0.3, -0.25) is 4.79 Å². The molecule has 8 heteroatoms. The average Bonchev–Trinajstić information content (AvgIpc) is 2.55. The molecule has 1 N–H and O–H groups in total. The third-order valence-corrected chi connectivity index (χ3v) is 3.20. The number of amides is 1. The Kier molecular flexibility index (Phi) is 5.41. The molecule has 1 aromatic carbocycles. The first-order chi connectivity index (χ1) is 11.4. The van der Waals surface area contributed by atoms with Crippen molar-refractivity contribution in [3.05, 3.63) is 63.6 Å². The highest BCUT2D eigenvalue weighted by Crippen LogP contribution is 2.25. The number of ether oxygens (including phenoxy) is 1. The number of rotatable bonds is 6. The van der Waals surface area contributed by atoms with Gasteiger partial charge in [-0.05, 0) is 46.7 Å². The SMILES string of the molecule is Cc1ccc(O[C@@H](C)C(=O)NCc2ccc(F)cc2)c([N+](=O)[O-])n1.